The van der Waals surface area contributed by atoms with E-state index < -0.39 is 0 Å². The number of nitrogens with zero attached hydrogens (tertiary/aromatic N) is 1. The fourth-order valence-corrected chi connectivity index (χ4v) is 3.69. The number of nitrogens with one attached hydrogen (secondary N) is 2. The molecule has 7 heteroatoms. The number of hydrogen-bond acceptors (Lipinski definition) is 4. The van der Waals surface area contributed by atoms with Crippen molar-refractivity contribution in [2.45, 2.75) is 25.9 Å². The van der Waals surface area contributed by atoms with Gasteiger partial charge in [0.15, 0.2) is 12.8 Å². The van der Waals surface area contributed by atoms with Gasteiger partial charge in [0, 0.05) is 36.5 Å². The minimum atomic E-state index is -0.264. The van der Waals surface area contributed by atoms with Crippen molar-refractivity contribution < 1.29 is 13.9 Å². The molecule has 5 nitrogen and oxygen atoms in total. The molecule has 2 N–H and O–H groups in total. The second kappa shape index (κ2) is 9.00. The topological polar surface area (TPSA) is 54.9 Å². The summed E-state index contributed by atoms with van der Waals surface area (Å²) in [6, 6.07) is 7.21. The van der Waals surface area contributed by atoms with Gasteiger partial charge in [-0.3, -0.25) is 4.99 Å². The molecule has 0 aliphatic carbocycles. The number of thiophene rings is 1. The minimum Gasteiger partial charge on any atom is -0.467 e. The summed E-state index contributed by atoms with van der Waals surface area (Å²) in [5.74, 6) is 1.63. The normalized spacial score (nSPS) is 15.1. The molecule has 0 radical (unpaired) electrons. The highest BCUT2D eigenvalue weighted by molar-refractivity contribution is 7.10. The average molecular weight is 377 g/mol. The van der Waals surface area contributed by atoms with Crippen LogP contribution in [-0.2, 0) is 17.8 Å². The summed E-state index contributed by atoms with van der Waals surface area (Å²) in [5.41, 5.74) is 1.61. The van der Waals surface area contributed by atoms with Gasteiger partial charge in [0.2, 0.25) is 0 Å². The van der Waals surface area contributed by atoms with E-state index in [0.717, 1.165) is 29.4 Å². The van der Waals surface area contributed by atoms with Crippen LogP contribution in [0.2, 0.25) is 0 Å². The SMILES string of the molecule is CN=C(NCCc1cc(F)cc2c1OCOC2)NCC(C)c1cccs1. The molecule has 0 saturated carbocycles. The molecular weight excluding hydrogens is 353 g/mol. The Hall–Kier alpha value is -2.12. The lowest BCUT2D eigenvalue weighted by Crippen LogP contribution is -2.39. The molecule has 1 atom stereocenters. The number of ether oxygens (including phenoxy) is 2. The van der Waals surface area contributed by atoms with E-state index in [4.69, 9.17) is 9.47 Å². The summed E-state index contributed by atoms with van der Waals surface area (Å²) < 4.78 is 24.6. The van der Waals surface area contributed by atoms with Gasteiger partial charge in [0.1, 0.15) is 11.6 Å². The number of guanidine groups is 1. The van der Waals surface area contributed by atoms with Gasteiger partial charge < -0.3 is 20.1 Å². The molecular formula is C19H24FN3O2S. The third-order valence-electron chi connectivity index (χ3n) is 4.27. The van der Waals surface area contributed by atoms with Crippen molar-refractivity contribution in [3.8, 4) is 5.75 Å². The van der Waals surface area contributed by atoms with Crippen molar-refractivity contribution in [2.24, 2.45) is 4.99 Å². The van der Waals surface area contributed by atoms with Crippen LogP contribution in [0.15, 0.2) is 34.6 Å². The Bertz CT molecular complexity index is 749. The summed E-state index contributed by atoms with van der Waals surface area (Å²) in [7, 11) is 1.75. The molecule has 1 unspecified atom stereocenters. The summed E-state index contributed by atoms with van der Waals surface area (Å²) in [4.78, 5) is 5.60. The van der Waals surface area contributed by atoms with Gasteiger partial charge in [0.05, 0.1) is 6.61 Å². The number of benzene rings is 1. The zero-order valence-electron chi connectivity index (χ0n) is 15.0. The van der Waals surface area contributed by atoms with Crippen molar-refractivity contribution in [1.82, 2.24) is 10.6 Å². The summed E-state index contributed by atoms with van der Waals surface area (Å²) >= 11 is 1.76. The molecule has 1 aliphatic heterocycles. The Balaban J connectivity index is 1.51. The van der Waals surface area contributed by atoms with Crippen molar-refractivity contribution in [2.75, 3.05) is 26.9 Å². The van der Waals surface area contributed by atoms with Crippen molar-refractivity contribution >= 4 is 17.3 Å². The zero-order chi connectivity index (χ0) is 18.4. The predicted octanol–water partition coefficient (Wildman–Crippen LogP) is 3.26. The Kier molecular flexibility index (Phi) is 6.46. The Morgan fingerprint density at radius 3 is 3.04 bits per heavy atom. The lowest BCUT2D eigenvalue weighted by Gasteiger charge is -2.21. The van der Waals surface area contributed by atoms with Gasteiger partial charge in [-0.2, -0.15) is 0 Å². The molecule has 26 heavy (non-hydrogen) atoms. The Morgan fingerprint density at radius 2 is 2.27 bits per heavy atom. The molecule has 140 valence electrons. The average Bonchev–Trinajstić information content (AvgIpc) is 3.18. The first kappa shape index (κ1) is 18.7. The number of hydrogen-bond donors (Lipinski definition) is 2. The van der Waals surface area contributed by atoms with Crippen LogP contribution in [0.1, 0.15) is 28.8 Å². The highest BCUT2D eigenvalue weighted by atomic mass is 32.1. The lowest BCUT2D eigenvalue weighted by atomic mass is 10.1. The highest BCUT2D eigenvalue weighted by Crippen LogP contribution is 2.29. The molecule has 1 aliphatic rings. The molecule has 2 aromatic rings. The molecule has 1 aromatic carbocycles. The van der Waals surface area contributed by atoms with Gasteiger partial charge in [-0.1, -0.05) is 13.0 Å². The van der Waals surface area contributed by atoms with Gasteiger partial charge in [-0.15, -0.1) is 11.3 Å². The molecule has 2 heterocycles. The summed E-state index contributed by atoms with van der Waals surface area (Å²) in [6.07, 6.45) is 0.640. The van der Waals surface area contributed by atoms with Crippen LogP contribution in [0.4, 0.5) is 4.39 Å². The monoisotopic (exact) mass is 377 g/mol. The second-order valence-corrected chi connectivity index (χ2v) is 7.19. The Labute approximate surface area is 157 Å². The van der Waals surface area contributed by atoms with E-state index in [1.165, 1.54) is 17.0 Å². The van der Waals surface area contributed by atoms with E-state index in [1.807, 2.05) is 0 Å². The maximum Gasteiger partial charge on any atom is 0.191 e. The van der Waals surface area contributed by atoms with Gasteiger partial charge in [-0.05, 0) is 35.6 Å². The quantitative estimate of drug-likeness (QED) is 0.599. The van der Waals surface area contributed by atoms with Crippen molar-refractivity contribution in [3.63, 3.8) is 0 Å². The minimum absolute atomic E-state index is 0.211. The first-order chi connectivity index (χ1) is 12.7. The number of fused-ring (bicyclic) bond motifs is 1. The third kappa shape index (κ3) is 4.74. The van der Waals surface area contributed by atoms with Crippen LogP contribution in [0.3, 0.4) is 0 Å². The maximum absolute atomic E-state index is 13.8. The van der Waals surface area contributed by atoms with Crippen LogP contribution in [0.25, 0.3) is 0 Å². The van der Waals surface area contributed by atoms with E-state index in [-0.39, 0.29) is 12.6 Å². The standard InChI is InChI=1S/C19H24FN3O2S/c1-13(17-4-3-7-26-17)10-23-19(21-2)22-6-5-14-8-16(20)9-15-11-24-12-25-18(14)15/h3-4,7-9,13H,5-6,10-12H2,1-2H3,(H2,21,22,23). The van der Waals surface area contributed by atoms with Crippen molar-refractivity contribution in [3.05, 3.63) is 51.5 Å². The molecule has 0 bridgehead atoms. The molecule has 1 aromatic heterocycles. The van der Waals surface area contributed by atoms with Crippen LogP contribution >= 0.6 is 11.3 Å². The van der Waals surface area contributed by atoms with Crippen molar-refractivity contribution in [1.29, 1.82) is 0 Å². The molecule has 0 spiro atoms. The first-order valence-electron chi connectivity index (χ1n) is 8.67. The maximum atomic E-state index is 13.8. The van der Waals surface area contributed by atoms with E-state index in [1.54, 1.807) is 18.4 Å². The second-order valence-electron chi connectivity index (χ2n) is 6.21. The number of halogens is 1. The number of aliphatic imine (C=N–C) groups is 1. The summed E-state index contributed by atoms with van der Waals surface area (Å²) in [5, 5.41) is 8.70. The zero-order valence-corrected chi connectivity index (χ0v) is 15.9. The molecule has 0 fully saturated rings. The molecule has 0 saturated heterocycles. The fraction of sp³-hybridized carbons (Fsp3) is 0.421. The van der Waals surface area contributed by atoms with Crippen LogP contribution in [0.5, 0.6) is 5.75 Å². The van der Waals surface area contributed by atoms with Gasteiger partial charge >= 0.3 is 0 Å². The third-order valence-corrected chi connectivity index (χ3v) is 5.37. The first-order valence-corrected chi connectivity index (χ1v) is 9.55. The van der Waals surface area contributed by atoms with Gasteiger partial charge in [0.25, 0.3) is 0 Å². The van der Waals surface area contributed by atoms with E-state index in [9.17, 15) is 4.39 Å². The molecule has 0 amide bonds. The Morgan fingerprint density at radius 1 is 1.38 bits per heavy atom. The van der Waals surface area contributed by atoms with Crippen LogP contribution in [0, 0.1) is 5.82 Å². The van der Waals surface area contributed by atoms with Crippen LogP contribution in [-0.4, -0.2) is 32.9 Å². The smallest absolute Gasteiger partial charge is 0.191 e. The lowest BCUT2D eigenvalue weighted by molar-refractivity contribution is -0.0172. The van der Waals surface area contributed by atoms with E-state index in [2.05, 4.69) is 40.1 Å². The van der Waals surface area contributed by atoms with Gasteiger partial charge in [-0.25, -0.2) is 4.39 Å². The predicted molar refractivity (Wildman–Crippen MR) is 102 cm³/mol. The molecule has 3 rings (SSSR count). The fourth-order valence-electron chi connectivity index (χ4n) is 2.90. The van der Waals surface area contributed by atoms with E-state index >= 15 is 0 Å². The van der Waals surface area contributed by atoms with E-state index in [0.29, 0.717) is 25.5 Å². The number of rotatable bonds is 6. The summed E-state index contributed by atoms with van der Waals surface area (Å²) in [6.45, 7) is 4.22. The largest absolute Gasteiger partial charge is 0.467 e. The van der Waals surface area contributed by atoms with Crippen LogP contribution < -0.4 is 15.4 Å². The highest BCUT2D eigenvalue weighted by Gasteiger charge is 2.17.